The summed E-state index contributed by atoms with van der Waals surface area (Å²) in [6.45, 7) is 21.3. The molecule has 0 saturated carbocycles. The Morgan fingerprint density at radius 1 is 0.583 bits per heavy atom. The Bertz CT molecular complexity index is 531. The molecule has 8 nitrogen and oxygen atoms in total. The zero-order valence-electron chi connectivity index (χ0n) is 25.0. The molecule has 0 fully saturated rings. The van der Waals surface area contributed by atoms with E-state index in [4.69, 9.17) is 14.2 Å². The molecule has 8 heteroatoms. The summed E-state index contributed by atoms with van der Waals surface area (Å²) >= 11 is 0. The fourth-order valence-corrected chi connectivity index (χ4v) is 2.79. The van der Waals surface area contributed by atoms with Crippen LogP contribution in [0.3, 0.4) is 0 Å². The van der Waals surface area contributed by atoms with E-state index in [1.807, 2.05) is 69.2 Å². The molecule has 0 aliphatic carbocycles. The van der Waals surface area contributed by atoms with E-state index in [0.717, 1.165) is 0 Å². The third-order valence-electron chi connectivity index (χ3n) is 4.99. The molecule has 0 heterocycles. The standard InChI is InChI=1S/C24H43NO7.2C2H6/c1-17(2)21(27)8-11-30-14-24(25-20(7)26,15-31-12-9-22(28)18(3)4)16-32-13-10-23(29)19(5)6;2*1-2/h17-19H,8-16H2,1-7H3,(H,25,26);2*1-2H3. The van der Waals surface area contributed by atoms with E-state index in [-0.39, 0.29) is 99.9 Å². The summed E-state index contributed by atoms with van der Waals surface area (Å²) in [6.07, 6.45) is 0.837. The number of carbonyl (C=O) groups is 4. The zero-order chi connectivity index (χ0) is 28.7. The van der Waals surface area contributed by atoms with Gasteiger partial charge in [-0.3, -0.25) is 19.2 Å². The summed E-state index contributed by atoms with van der Waals surface area (Å²) in [5.41, 5.74) is -0.992. The average molecular weight is 518 g/mol. The van der Waals surface area contributed by atoms with Gasteiger partial charge in [-0.2, -0.15) is 0 Å². The van der Waals surface area contributed by atoms with Gasteiger partial charge in [-0.15, -0.1) is 0 Å². The van der Waals surface area contributed by atoms with Crippen LogP contribution in [0.5, 0.6) is 0 Å². The number of rotatable bonds is 19. The van der Waals surface area contributed by atoms with Crippen molar-refractivity contribution in [1.29, 1.82) is 0 Å². The Morgan fingerprint density at radius 3 is 1.03 bits per heavy atom. The number of Topliss-reactive ketones (excluding diaryl/α,β-unsaturated/α-hetero) is 3. The van der Waals surface area contributed by atoms with Crippen molar-refractivity contribution >= 4 is 23.3 Å². The van der Waals surface area contributed by atoms with E-state index in [9.17, 15) is 19.2 Å². The fourth-order valence-electron chi connectivity index (χ4n) is 2.79. The van der Waals surface area contributed by atoms with Gasteiger partial charge in [0.15, 0.2) is 0 Å². The quantitative estimate of drug-likeness (QED) is 0.245. The van der Waals surface area contributed by atoms with Gasteiger partial charge in [0, 0.05) is 43.9 Å². The van der Waals surface area contributed by atoms with E-state index < -0.39 is 5.54 Å². The van der Waals surface area contributed by atoms with Crippen molar-refractivity contribution < 1.29 is 33.4 Å². The molecule has 0 atom stereocenters. The number of ether oxygens (including phenoxy) is 3. The van der Waals surface area contributed by atoms with Crippen LogP contribution in [0, 0.1) is 17.8 Å². The first-order valence-corrected chi connectivity index (χ1v) is 13.5. The molecule has 0 bridgehead atoms. The van der Waals surface area contributed by atoms with E-state index in [1.54, 1.807) is 0 Å². The van der Waals surface area contributed by atoms with E-state index >= 15 is 0 Å². The molecule has 1 amide bonds. The molecule has 36 heavy (non-hydrogen) atoms. The highest BCUT2D eigenvalue weighted by atomic mass is 16.5. The smallest absolute Gasteiger partial charge is 0.217 e. The number of ketones is 3. The van der Waals surface area contributed by atoms with Crippen molar-refractivity contribution in [3.63, 3.8) is 0 Å². The van der Waals surface area contributed by atoms with Gasteiger partial charge in [0.05, 0.1) is 39.6 Å². The van der Waals surface area contributed by atoms with Gasteiger partial charge >= 0.3 is 0 Å². The second kappa shape index (κ2) is 23.7. The second-order valence-electron chi connectivity index (χ2n) is 9.23. The normalized spacial score (nSPS) is 10.9. The first-order chi connectivity index (χ1) is 16.9. The number of hydrogen-bond acceptors (Lipinski definition) is 7. The van der Waals surface area contributed by atoms with E-state index in [2.05, 4.69) is 5.32 Å². The lowest BCUT2D eigenvalue weighted by Crippen LogP contribution is -2.58. The molecule has 0 spiro atoms. The van der Waals surface area contributed by atoms with Crippen LogP contribution in [0.25, 0.3) is 0 Å². The van der Waals surface area contributed by atoms with Gasteiger partial charge in [-0.1, -0.05) is 69.2 Å². The number of carbonyl (C=O) groups excluding carboxylic acids is 4. The summed E-state index contributed by atoms with van der Waals surface area (Å²) in [7, 11) is 0. The lowest BCUT2D eigenvalue weighted by molar-refractivity contribution is -0.129. The highest BCUT2D eigenvalue weighted by Crippen LogP contribution is 2.12. The molecule has 0 aromatic rings. The molecule has 0 rings (SSSR count). The van der Waals surface area contributed by atoms with Crippen molar-refractivity contribution in [1.82, 2.24) is 5.32 Å². The lowest BCUT2D eigenvalue weighted by atomic mass is 10.0. The Balaban J connectivity index is -0.00000258. The van der Waals surface area contributed by atoms with Gasteiger partial charge in [0.25, 0.3) is 0 Å². The minimum absolute atomic E-state index is 0.0673. The van der Waals surface area contributed by atoms with Crippen LogP contribution in [-0.2, 0) is 33.4 Å². The molecular weight excluding hydrogens is 462 g/mol. The van der Waals surface area contributed by atoms with Gasteiger partial charge < -0.3 is 19.5 Å². The number of nitrogens with one attached hydrogen (secondary N) is 1. The molecule has 0 aliphatic rings. The van der Waals surface area contributed by atoms with Crippen LogP contribution < -0.4 is 5.32 Å². The maximum atomic E-state index is 11.9. The number of hydrogen-bond donors (Lipinski definition) is 1. The van der Waals surface area contributed by atoms with Gasteiger partial charge in [0.2, 0.25) is 5.91 Å². The Morgan fingerprint density at radius 2 is 0.833 bits per heavy atom. The predicted octanol–water partition coefficient (Wildman–Crippen LogP) is 4.81. The van der Waals surface area contributed by atoms with Gasteiger partial charge in [-0.05, 0) is 0 Å². The lowest BCUT2D eigenvalue weighted by Gasteiger charge is -2.34. The highest BCUT2D eigenvalue weighted by Gasteiger charge is 2.33. The molecule has 0 aliphatic heterocycles. The van der Waals surface area contributed by atoms with Crippen molar-refractivity contribution in [3.8, 4) is 0 Å². The summed E-state index contributed by atoms with van der Waals surface area (Å²) in [4.78, 5) is 47.4. The fraction of sp³-hybridized carbons (Fsp3) is 0.857. The van der Waals surface area contributed by atoms with E-state index in [0.29, 0.717) is 0 Å². The van der Waals surface area contributed by atoms with Gasteiger partial charge in [0.1, 0.15) is 22.9 Å². The minimum atomic E-state index is -0.992. The summed E-state index contributed by atoms with van der Waals surface area (Å²) in [5.74, 6) is -0.186. The first-order valence-electron chi connectivity index (χ1n) is 13.5. The maximum Gasteiger partial charge on any atom is 0.217 e. The molecular formula is C28H55NO7. The Labute approximate surface area is 220 Å². The number of amides is 1. The zero-order valence-corrected chi connectivity index (χ0v) is 25.0. The molecule has 214 valence electrons. The maximum absolute atomic E-state index is 11.9. The van der Waals surface area contributed by atoms with Crippen molar-refractivity contribution in [3.05, 3.63) is 0 Å². The van der Waals surface area contributed by atoms with E-state index in [1.165, 1.54) is 6.92 Å². The monoisotopic (exact) mass is 517 g/mol. The predicted molar refractivity (Wildman–Crippen MR) is 145 cm³/mol. The minimum Gasteiger partial charge on any atom is -0.378 e. The Hall–Kier alpha value is -1.64. The summed E-state index contributed by atoms with van der Waals surface area (Å²) in [5, 5.41) is 2.86. The average Bonchev–Trinajstić information content (AvgIpc) is 2.83. The van der Waals surface area contributed by atoms with Crippen molar-refractivity contribution in [2.24, 2.45) is 17.8 Å². The van der Waals surface area contributed by atoms with Crippen LogP contribution in [0.15, 0.2) is 0 Å². The molecule has 0 aromatic heterocycles. The Kier molecular flexibility index (Phi) is 25.6. The highest BCUT2D eigenvalue weighted by molar-refractivity contribution is 5.81. The largest absolute Gasteiger partial charge is 0.378 e. The third kappa shape index (κ3) is 20.5. The molecule has 0 aromatic carbocycles. The third-order valence-corrected chi connectivity index (χ3v) is 4.99. The molecule has 0 unspecified atom stereocenters. The second-order valence-corrected chi connectivity index (χ2v) is 9.23. The van der Waals surface area contributed by atoms with Crippen molar-refractivity contribution in [2.45, 2.75) is 101 Å². The van der Waals surface area contributed by atoms with Crippen LogP contribution in [-0.4, -0.2) is 68.4 Å². The summed E-state index contributed by atoms with van der Waals surface area (Å²) < 4.78 is 17.2. The summed E-state index contributed by atoms with van der Waals surface area (Å²) in [6, 6.07) is 0. The van der Waals surface area contributed by atoms with Crippen LogP contribution in [0.2, 0.25) is 0 Å². The van der Waals surface area contributed by atoms with Crippen LogP contribution >= 0.6 is 0 Å². The SMILES string of the molecule is CC.CC.CC(=O)NC(COCCC(=O)C(C)C)(COCCC(=O)C(C)C)COCCC(=O)C(C)C. The molecule has 0 radical (unpaired) electrons. The molecule has 1 N–H and O–H groups in total. The van der Waals surface area contributed by atoms with Gasteiger partial charge in [-0.25, -0.2) is 0 Å². The van der Waals surface area contributed by atoms with Crippen molar-refractivity contribution in [2.75, 3.05) is 39.6 Å². The van der Waals surface area contributed by atoms with Crippen LogP contribution in [0.4, 0.5) is 0 Å². The van der Waals surface area contributed by atoms with Crippen LogP contribution in [0.1, 0.15) is 95.4 Å². The topological polar surface area (TPSA) is 108 Å². The first kappa shape index (κ1) is 38.9. The molecule has 0 saturated heterocycles.